The maximum absolute atomic E-state index is 6.10. The van der Waals surface area contributed by atoms with Crippen molar-refractivity contribution in [2.24, 2.45) is 0 Å². The van der Waals surface area contributed by atoms with E-state index >= 15 is 0 Å². The van der Waals surface area contributed by atoms with E-state index in [1.165, 1.54) is 0 Å². The number of hydrogen-bond donors (Lipinski definition) is 0. The Balaban J connectivity index is 1.70. The molecule has 0 aliphatic carbocycles. The van der Waals surface area contributed by atoms with Crippen LogP contribution in [0.4, 0.5) is 0 Å². The third kappa shape index (κ3) is 2.42. The molecule has 1 aromatic carbocycles. The van der Waals surface area contributed by atoms with Crippen molar-refractivity contribution in [2.75, 3.05) is 0 Å². The highest BCUT2D eigenvalue weighted by atomic mass is 16.7. The number of hydrogen-bond acceptors (Lipinski definition) is 5. The normalized spacial score (nSPS) is 19.1. The van der Waals surface area contributed by atoms with E-state index in [0.717, 1.165) is 22.1 Å². The highest BCUT2D eigenvalue weighted by molar-refractivity contribution is 6.62. The van der Waals surface area contributed by atoms with E-state index in [9.17, 15) is 0 Å². The number of oxazole rings is 1. The van der Waals surface area contributed by atoms with Crippen LogP contribution in [0.15, 0.2) is 47.1 Å². The Morgan fingerprint density at radius 3 is 2.42 bits per heavy atom. The summed E-state index contributed by atoms with van der Waals surface area (Å²) >= 11 is 0. The molecule has 2 aromatic heterocycles. The lowest BCUT2D eigenvalue weighted by Crippen LogP contribution is -2.41. The van der Waals surface area contributed by atoms with Gasteiger partial charge in [-0.2, -0.15) is 0 Å². The lowest BCUT2D eigenvalue weighted by molar-refractivity contribution is 0.00578. The van der Waals surface area contributed by atoms with Crippen LogP contribution in [-0.4, -0.2) is 28.3 Å². The summed E-state index contributed by atoms with van der Waals surface area (Å²) in [5.74, 6) is 0.559. The summed E-state index contributed by atoms with van der Waals surface area (Å²) < 4.78 is 18.0. The molecule has 0 radical (unpaired) electrons. The second-order valence-electron chi connectivity index (χ2n) is 7.08. The first-order chi connectivity index (χ1) is 11.4. The molecule has 4 rings (SSSR count). The molecular formula is C18H19BN2O3. The van der Waals surface area contributed by atoms with Gasteiger partial charge in [-0.3, -0.25) is 4.98 Å². The monoisotopic (exact) mass is 322 g/mol. The lowest BCUT2D eigenvalue weighted by atomic mass is 9.79. The zero-order chi connectivity index (χ0) is 16.9. The van der Waals surface area contributed by atoms with Crippen LogP contribution in [0.25, 0.3) is 22.6 Å². The largest absolute Gasteiger partial charge is 0.494 e. The van der Waals surface area contributed by atoms with Crippen molar-refractivity contribution in [1.29, 1.82) is 0 Å². The first kappa shape index (κ1) is 15.4. The van der Waals surface area contributed by atoms with E-state index in [4.69, 9.17) is 13.7 Å². The highest BCUT2D eigenvalue weighted by Gasteiger charge is 2.51. The predicted octanol–water partition coefficient (Wildman–Crippen LogP) is 3.19. The summed E-state index contributed by atoms with van der Waals surface area (Å²) in [7, 11) is -0.405. The van der Waals surface area contributed by atoms with Gasteiger partial charge in [0.05, 0.1) is 16.8 Å². The zero-order valence-electron chi connectivity index (χ0n) is 14.2. The van der Waals surface area contributed by atoms with Crippen LogP contribution in [0.1, 0.15) is 27.7 Å². The van der Waals surface area contributed by atoms with Crippen LogP contribution in [0.2, 0.25) is 0 Å². The number of rotatable bonds is 2. The quantitative estimate of drug-likeness (QED) is 0.678. The average molecular weight is 322 g/mol. The molecule has 0 atom stereocenters. The van der Waals surface area contributed by atoms with Crippen molar-refractivity contribution in [3.63, 3.8) is 0 Å². The zero-order valence-corrected chi connectivity index (χ0v) is 14.2. The fourth-order valence-corrected chi connectivity index (χ4v) is 2.68. The Kier molecular flexibility index (Phi) is 3.30. The molecule has 3 heterocycles. The number of nitrogens with zero attached hydrogens (tertiary/aromatic N) is 2. The minimum atomic E-state index is -0.405. The van der Waals surface area contributed by atoms with Gasteiger partial charge in [-0.15, -0.1) is 0 Å². The summed E-state index contributed by atoms with van der Waals surface area (Å²) in [6.45, 7) is 8.18. The highest BCUT2D eigenvalue weighted by Crippen LogP contribution is 2.36. The molecule has 1 fully saturated rings. The van der Waals surface area contributed by atoms with E-state index in [-0.39, 0.29) is 11.2 Å². The third-order valence-electron chi connectivity index (χ3n) is 4.85. The van der Waals surface area contributed by atoms with Gasteiger partial charge in [0.15, 0.2) is 5.58 Å². The van der Waals surface area contributed by atoms with Gasteiger partial charge < -0.3 is 13.7 Å². The Labute approximate surface area is 141 Å². The molecule has 0 spiro atoms. The number of aromatic nitrogens is 2. The second-order valence-corrected chi connectivity index (χ2v) is 7.08. The maximum Gasteiger partial charge on any atom is 0.494 e. The Bertz CT molecular complexity index is 874. The van der Waals surface area contributed by atoms with E-state index in [0.29, 0.717) is 5.89 Å². The molecule has 5 nitrogen and oxygen atoms in total. The Hall–Kier alpha value is -2.18. The van der Waals surface area contributed by atoms with Gasteiger partial charge in [-0.1, -0.05) is 6.07 Å². The molecule has 0 saturated carbocycles. The van der Waals surface area contributed by atoms with Crippen molar-refractivity contribution < 1.29 is 13.7 Å². The van der Waals surface area contributed by atoms with Crippen LogP contribution in [0, 0.1) is 0 Å². The smallest absolute Gasteiger partial charge is 0.436 e. The van der Waals surface area contributed by atoms with Crippen LogP contribution in [0.5, 0.6) is 0 Å². The first-order valence-corrected chi connectivity index (χ1v) is 8.02. The van der Waals surface area contributed by atoms with Crippen molar-refractivity contribution >= 4 is 23.7 Å². The van der Waals surface area contributed by atoms with Gasteiger partial charge in [0.25, 0.3) is 0 Å². The summed E-state index contributed by atoms with van der Waals surface area (Å²) in [5.41, 5.74) is 2.57. The molecule has 1 aliphatic heterocycles. The van der Waals surface area contributed by atoms with E-state index < -0.39 is 7.12 Å². The second kappa shape index (κ2) is 5.16. The van der Waals surface area contributed by atoms with Gasteiger partial charge in [0.1, 0.15) is 5.52 Å². The van der Waals surface area contributed by atoms with Gasteiger partial charge in [-0.25, -0.2) is 4.98 Å². The molecular weight excluding hydrogens is 303 g/mol. The minimum Gasteiger partial charge on any atom is -0.436 e. The topological polar surface area (TPSA) is 57.4 Å². The van der Waals surface area contributed by atoms with E-state index in [2.05, 4.69) is 9.97 Å². The molecule has 24 heavy (non-hydrogen) atoms. The van der Waals surface area contributed by atoms with Crippen LogP contribution < -0.4 is 5.46 Å². The fourth-order valence-electron chi connectivity index (χ4n) is 2.68. The minimum absolute atomic E-state index is 0.364. The Morgan fingerprint density at radius 2 is 1.75 bits per heavy atom. The van der Waals surface area contributed by atoms with Crippen molar-refractivity contribution in [3.8, 4) is 11.5 Å². The summed E-state index contributed by atoms with van der Waals surface area (Å²) in [4.78, 5) is 8.67. The predicted molar refractivity (Wildman–Crippen MR) is 93.0 cm³/mol. The van der Waals surface area contributed by atoms with Gasteiger partial charge in [0, 0.05) is 12.4 Å². The summed E-state index contributed by atoms with van der Waals surface area (Å²) in [6.07, 6.45) is 3.46. The lowest BCUT2D eigenvalue weighted by Gasteiger charge is -2.32. The Morgan fingerprint density at radius 1 is 1.00 bits per heavy atom. The van der Waals surface area contributed by atoms with Crippen LogP contribution in [0.3, 0.4) is 0 Å². The molecule has 1 aliphatic rings. The first-order valence-electron chi connectivity index (χ1n) is 8.02. The molecule has 122 valence electrons. The van der Waals surface area contributed by atoms with Gasteiger partial charge in [-0.05, 0) is 57.4 Å². The number of fused-ring (bicyclic) bond motifs is 1. The van der Waals surface area contributed by atoms with Gasteiger partial charge in [0.2, 0.25) is 5.89 Å². The molecule has 0 amide bonds. The third-order valence-corrected chi connectivity index (χ3v) is 4.85. The number of pyridine rings is 1. The average Bonchev–Trinajstić information content (AvgIpc) is 3.06. The van der Waals surface area contributed by atoms with Crippen molar-refractivity contribution in [3.05, 3.63) is 42.7 Å². The molecule has 6 heteroatoms. The molecule has 3 aromatic rings. The van der Waals surface area contributed by atoms with E-state index in [1.807, 2.05) is 58.0 Å². The van der Waals surface area contributed by atoms with Crippen LogP contribution in [-0.2, 0) is 9.31 Å². The fraction of sp³-hybridized carbons (Fsp3) is 0.333. The maximum atomic E-state index is 6.10. The molecule has 0 bridgehead atoms. The molecule has 0 unspecified atom stereocenters. The van der Waals surface area contributed by atoms with Crippen molar-refractivity contribution in [1.82, 2.24) is 9.97 Å². The standard InChI is InChI=1S/C18H19BN2O3/c1-17(2)18(3,4)24-19(23-17)13-7-8-15-14(10-13)21-16(22-15)12-6-5-9-20-11-12/h5-11H,1-4H3. The summed E-state index contributed by atoms with van der Waals surface area (Å²) in [5, 5.41) is 0. The SMILES string of the molecule is CC1(C)OB(c2ccc3oc(-c4cccnc4)nc3c2)OC1(C)C. The van der Waals surface area contributed by atoms with Gasteiger partial charge >= 0.3 is 7.12 Å². The number of benzene rings is 1. The van der Waals surface area contributed by atoms with Crippen LogP contribution >= 0.6 is 0 Å². The van der Waals surface area contributed by atoms with Crippen molar-refractivity contribution in [2.45, 2.75) is 38.9 Å². The molecule has 0 N–H and O–H groups in total. The summed E-state index contributed by atoms with van der Waals surface area (Å²) in [6, 6.07) is 9.61. The van der Waals surface area contributed by atoms with E-state index in [1.54, 1.807) is 12.4 Å². The molecule has 1 saturated heterocycles.